The lowest BCUT2D eigenvalue weighted by Crippen LogP contribution is -2.37. The molecule has 2 aromatic carbocycles. The molecule has 3 N–H and O–H groups in total. The van der Waals surface area contributed by atoms with E-state index in [-0.39, 0.29) is 6.03 Å². The number of likely N-dealkylation sites (tertiary alicyclic amines) is 1. The van der Waals surface area contributed by atoms with Gasteiger partial charge in [-0.15, -0.1) is 11.8 Å². The van der Waals surface area contributed by atoms with Crippen molar-refractivity contribution in [3.8, 4) is 0 Å². The van der Waals surface area contributed by atoms with Gasteiger partial charge in [-0.1, -0.05) is 19.9 Å². The minimum absolute atomic E-state index is 0.224. The molecule has 32 heavy (non-hydrogen) atoms. The molecule has 6 heteroatoms. The lowest BCUT2D eigenvalue weighted by Gasteiger charge is -2.34. The number of piperidine rings is 1. The van der Waals surface area contributed by atoms with Crippen molar-refractivity contribution in [2.45, 2.75) is 62.6 Å². The van der Waals surface area contributed by atoms with Gasteiger partial charge in [-0.3, -0.25) is 0 Å². The van der Waals surface area contributed by atoms with Crippen molar-refractivity contribution in [3.05, 3.63) is 54.2 Å². The molecular formula is C26H34N4OS. The summed E-state index contributed by atoms with van der Waals surface area (Å²) >= 11 is 1.78. The van der Waals surface area contributed by atoms with Gasteiger partial charge in [0, 0.05) is 44.7 Å². The van der Waals surface area contributed by atoms with Crippen LogP contribution >= 0.6 is 11.8 Å². The molecule has 1 aliphatic heterocycles. The minimum Gasteiger partial charge on any atom is -0.361 e. The molecule has 0 radical (unpaired) electrons. The number of carbonyl (C=O) groups is 1. The van der Waals surface area contributed by atoms with E-state index in [1.54, 1.807) is 11.8 Å². The van der Waals surface area contributed by atoms with Crippen molar-refractivity contribution in [2.75, 3.05) is 23.7 Å². The fourth-order valence-corrected chi connectivity index (χ4v) is 5.39. The lowest BCUT2D eigenvalue weighted by molar-refractivity contribution is 0.172. The van der Waals surface area contributed by atoms with E-state index in [2.05, 4.69) is 72.6 Å². The van der Waals surface area contributed by atoms with Crippen LogP contribution in [0.4, 0.5) is 16.2 Å². The first-order chi connectivity index (χ1) is 15.4. The van der Waals surface area contributed by atoms with Crippen LogP contribution in [-0.4, -0.2) is 40.3 Å². The number of amides is 2. The van der Waals surface area contributed by atoms with Gasteiger partial charge in [0.25, 0.3) is 0 Å². The summed E-state index contributed by atoms with van der Waals surface area (Å²) in [6.45, 7) is 11.2. The second kappa shape index (κ2) is 10.0. The van der Waals surface area contributed by atoms with E-state index in [9.17, 15) is 4.79 Å². The highest BCUT2D eigenvalue weighted by Gasteiger charge is 2.24. The molecule has 1 fully saturated rings. The Kier molecular flexibility index (Phi) is 7.11. The number of H-pyrrole nitrogens is 1. The van der Waals surface area contributed by atoms with E-state index in [1.807, 2.05) is 24.3 Å². The number of hydrogen-bond donors (Lipinski definition) is 3. The molecule has 1 aliphatic rings. The molecule has 1 saturated heterocycles. The number of thioether (sulfide) groups is 1. The molecule has 4 rings (SSSR count). The second-order valence-corrected chi connectivity index (χ2v) is 10.8. The topological polar surface area (TPSA) is 60.2 Å². The standard InChI is InChI=1S/C26H34N4OS/c1-17(2)30-12-10-19(11-13-30)24-16-27-25-9-8-21(15-23(24)25)29-26(31)28-20-6-5-7-22(14-20)32-18(3)4/h5-9,14-19,27H,10-13H2,1-4H3,(H2,28,29,31). The normalized spacial score (nSPS) is 15.6. The first kappa shape index (κ1) is 22.7. The van der Waals surface area contributed by atoms with E-state index in [0.29, 0.717) is 17.2 Å². The van der Waals surface area contributed by atoms with Gasteiger partial charge in [-0.05, 0) is 87.7 Å². The molecule has 0 saturated carbocycles. The summed E-state index contributed by atoms with van der Waals surface area (Å²) in [7, 11) is 0. The molecule has 2 amide bonds. The van der Waals surface area contributed by atoms with E-state index in [4.69, 9.17) is 0 Å². The van der Waals surface area contributed by atoms with E-state index >= 15 is 0 Å². The monoisotopic (exact) mass is 450 g/mol. The Labute approximate surface area is 195 Å². The average Bonchev–Trinajstić information content (AvgIpc) is 3.16. The molecule has 3 aromatic rings. The Bertz CT molecular complexity index is 1070. The molecule has 5 nitrogen and oxygen atoms in total. The zero-order chi connectivity index (χ0) is 22.7. The number of nitrogens with one attached hydrogen (secondary N) is 3. The summed E-state index contributed by atoms with van der Waals surface area (Å²) < 4.78 is 0. The molecule has 0 aliphatic carbocycles. The number of nitrogens with zero attached hydrogens (tertiary/aromatic N) is 1. The zero-order valence-corrected chi connectivity index (χ0v) is 20.3. The van der Waals surface area contributed by atoms with Crippen molar-refractivity contribution in [1.82, 2.24) is 9.88 Å². The summed E-state index contributed by atoms with van der Waals surface area (Å²) in [5.41, 5.74) is 4.10. The van der Waals surface area contributed by atoms with Crippen molar-refractivity contribution >= 4 is 40.1 Å². The summed E-state index contributed by atoms with van der Waals surface area (Å²) in [5.74, 6) is 0.559. The number of benzene rings is 2. The van der Waals surface area contributed by atoms with Crippen LogP contribution in [0.3, 0.4) is 0 Å². The van der Waals surface area contributed by atoms with Crippen molar-refractivity contribution in [1.29, 1.82) is 0 Å². The number of carbonyl (C=O) groups excluding carboxylic acids is 1. The summed E-state index contributed by atoms with van der Waals surface area (Å²) in [5, 5.41) is 7.68. The lowest BCUT2D eigenvalue weighted by atomic mass is 9.88. The highest BCUT2D eigenvalue weighted by atomic mass is 32.2. The van der Waals surface area contributed by atoms with Crippen LogP contribution in [-0.2, 0) is 0 Å². The average molecular weight is 451 g/mol. The first-order valence-corrected chi connectivity index (χ1v) is 12.5. The van der Waals surface area contributed by atoms with Crippen LogP contribution in [0.2, 0.25) is 0 Å². The van der Waals surface area contributed by atoms with Gasteiger partial charge < -0.3 is 20.5 Å². The fourth-order valence-electron chi connectivity index (χ4n) is 4.50. The largest absolute Gasteiger partial charge is 0.361 e. The van der Waals surface area contributed by atoms with Gasteiger partial charge in [-0.2, -0.15) is 0 Å². The molecule has 0 atom stereocenters. The van der Waals surface area contributed by atoms with Crippen molar-refractivity contribution in [2.24, 2.45) is 0 Å². The maximum absolute atomic E-state index is 12.6. The zero-order valence-electron chi connectivity index (χ0n) is 19.4. The molecule has 2 heterocycles. The molecule has 0 bridgehead atoms. The fraction of sp³-hybridized carbons (Fsp3) is 0.423. The van der Waals surface area contributed by atoms with Crippen molar-refractivity contribution in [3.63, 3.8) is 0 Å². The van der Waals surface area contributed by atoms with Crippen LogP contribution in [0.1, 0.15) is 52.0 Å². The number of hydrogen-bond acceptors (Lipinski definition) is 3. The number of rotatable bonds is 6. The Balaban J connectivity index is 1.44. The Morgan fingerprint density at radius 3 is 2.44 bits per heavy atom. The first-order valence-electron chi connectivity index (χ1n) is 11.6. The van der Waals surface area contributed by atoms with Crippen LogP contribution in [0.25, 0.3) is 10.9 Å². The minimum atomic E-state index is -0.224. The van der Waals surface area contributed by atoms with Gasteiger partial charge in [0.1, 0.15) is 0 Å². The number of aromatic amines is 1. The van der Waals surface area contributed by atoms with Gasteiger partial charge in [0.2, 0.25) is 0 Å². The molecule has 170 valence electrons. The number of urea groups is 1. The van der Waals surface area contributed by atoms with Gasteiger partial charge >= 0.3 is 6.03 Å². The molecule has 0 spiro atoms. The van der Waals surface area contributed by atoms with Crippen LogP contribution in [0.5, 0.6) is 0 Å². The quantitative estimate of drug-likeness (QED) is 0.358. The third-order valence-electron chi connectivity index (χ3n) is 6.13. The van der Waals surface area contributed by atoms with Crippen molar-refractivity contribution < 1.29 is 4.79 Å². The van der Waals surface area contributed by atoms with Gasteiger partial charge in [-0.25, -0.2) is 4.79 Å². The molecule has 0 unspecified atom stereocenters. The van der Waals surface area contributed by atoms with Crippen LogP contribution in [0.15, 0.2) is 53.6 Å². The third kappa shape index (κ3) is 5.48. The van der Waals surface area contributed by atoms with E-state index in [1.165, 1.54) is 23.8 Å². The number of aromatic nitrogens is 1. The number of anilines is 2. The van der Waals surface area contributed by atoms with E-state index in [0.717, 1.165) is 34.9 Å². The highest BCUT2D eigenvalue weighted by molar-refractivity contribution is 7.99. The van der Waals surface area contributed by atoms with Gasteiger partial charge in [0.05, 0.1) is 0 Å². The second-order valence-electron chi connectivity index (χ2n) is 9.18. The Morgan fingerprint density at radius 1 is 1.03 bits per heavy atom. The maximum atomic E-state index is 12.6. The molecular weight excluding hydrogens is 416 g/mol. The smallest absolute Gasteiger partial charge is 0.323 e. The van der Waals surface area contributed by atoms with Crippen LogP contribution < -0.4 is 10.6 Å². The highest BCUT2D eigenvalue weighted by Crippen LogP contribution is 2.34. The maximum Gasteiger partial charge on any atom is 0.323 e. The predicted octanol–water partition coefficient (Wildman–Crippen LogP) is 6.90. The predicted molar refractivity (Wildman–Crippen MR) is 137 cm³/mol. The summed E-state index contributed by atoms with van der Waals surface area (Å²) in [4.78, 5) is 19.8. The van der Waals surface area contributed by atoms with Crippen LogP contribution in [0, 0.1) is 0 Å². The Hall–Kier alpha value is -2.44. The SMILES string of the molecule is CC(C)Sc1cccc(NC(=O)Nc2ccc3[nH]cc(C4CCN(C(C)C)CC4)c3c2)c1. The number of fused-ring (bicyclic) bond motifs is 1. The van der Waals surface area contributed by atoms with Gasteiger partial charge in [0.15, 0.2) is 0 Å². The third-order valence-corrected chi connectivity index (χ3v) is 7.13. The van der Waals surface area contributed by atoms with E-state index < -0.39 is 0 Å². The Morgan fingerprint density at radius 2 is 1.75 bits per heavy atom. The summed E-state index contributed by atoms with van der Waals surface area (Å²) in [6.07, 6.45) is 4.50. The summed E-state index contributed by atoms with van der Waals surface area (Å²) in [6, 6.07) is 14.5. The molecule has 1 aromatic heterocycles.